The molecule has 0 aliphatic carbocycles. The van der Waals surface area contributed by atoms with Gasteiger partial charge in [-0.2, -0.15) is 4.98 Å². The first kappa shape index (κ1) is 19.7. The van der Waals surface area contributed by atoms with Crippen LogP contribution in [0, 0.1) is 0 Å². The summed E-state index contributed by atoms with van der Waals surface area (Å²) in [5.74, 6) is 2.34. The van der Waals surface area contributed by atoms with Crippen LogP contribution < -0.4 is 15.0 Å². The van der Waals surface area contributed by atoms with Crippen molar-refractivity contribution in [3.63, 3.8) is 0 Å². The summed E-state index contributed by atoms with van der Waals surface area (Å²) in [5, 5.41) is 3.35. The Balaban J connectivity index is 1.74. The van der Waals surface area contributed by atoms with Crippen LogP contribution in [0.25, 0.3) is 0 Å². The van der Waals surface area contributed by atoms with Crippen LogP contribution in [0.4, 0.5) is 17.5 Å². The van der Waals surface area contributed by atoms with Crippen molar-refractivity contribution in [3.8, 4) is 5.75 Å². The van der Waals surface area contributed by atoms with Gasteiger partial charge in [-0.15, -0.1) is 0 Å². The van der Waals surface area contributed by atoms with E-state index < -0.39 is 0 Å². The molecule has 0 radical (unpaired) electrons. The lowest BCUT2D eigenvalue weighted by Crippen LogP contribution is -2.31. The van der Waals surface area contributed by atoms with Crippen LogP contribution >= 0.6 is 0 Å². The van der Waals surface area contributed by atoms with E-state index in [2.05, 4.69) is 53.3 Å². The van der Waals surface area contributed by atoms with Gasteiger partial charge in [-0.05, 0) is 63.6 Å². The summed E-state index contributed by atoms with van der Waals surface area (Å²) in [6.45, 7) is 9.11. The maximum absolute atomic E-state index is 5.69. The minimum Gasteiger partial charge on any atom is -0.491 e. The van der Waals surface area contributed by atoms with Gasteiger partial charge in [0.15, 0.2) is 0 Å². The maximum Gasteiger partial charge on any atom is 0.227 e. The van der Waals surface area contributed by atoms with Crippen LogP contribution in [0.3, 0.4) is 0 Å². The van der Waals surface area contributed by atoms with E-state index in [9.17, 15) is 0 Å². The minimum atomic E-state index is 0.162. The molecule has 0 saturated heterocycles. The van der Waals surface area contributed by atoms with E-state index in [1.165, 1.54) is 5.56 Å². The number of hydrogen-bond acceptors (Lipinski definition) is 5. The van der Waals surface area contributed by atoms with Crippen LogP contribution in [-0.4, -0.2) is 22.1 Å². The normalized spacial score (nSPS) is 10.9. The van der Waals surface area contributed by atoms with Crippen molar-refractivity contribution in [1.82, 2.24) is 9.97 Å². The summed E-state index contributed by atoms with van der Waals surface area (Å²) in [4.78, 5) is 11.4. The van der Waals surface area contributed by atoms with Crippen molar-refractivity contribution >= 4 is 17.5 Å². The molecule has 5 heteroatoms. The topological polar surface area (TPSA) is 50.3 Å². The van der Waals surface area contributed by atoms with Gasteiger partial charge >= 0.3 is 0 Å². The first-order chi connectivity index (χ1) is 13.5. The fraction of sp³-hybridized carbons (Fsp3) is 0.304. The number of anilines is 3. The fourth-order valence-corrected chi connectivity index (χ4v) is 2.86. The van der Waals surface area contributed by atoms with Crippen molar-refractivity contribution in [1.29, 1.82) is 0 Å². The maximum atomic E-state index is 5.69. The summed E-state index contributed by atoms with van der Waals surface area (Å²) in [5.41, 5.74) is 2.19. The van der Waals surface area contributed by atoms with Gasteiger partial charge in [0.1, 0.15) is 11.6 Å². The first-order valence-corrected chi connectivity index (χ1v) is 9.68. The lowest BCUT2D eigenvalue weighted by Gasteiger charge is -2.27. The van der Waals surface area contributed by atoms with Crippen LogP contribution in [0.2, 0.25) is 0 Å². The molecule has 28 heavy (non-hydrogen) atoms. The number of nitrogens with one attached hydrogen (secondary N) is 1. The molecule has 1 heterocycles. The zero-order chi connectivity index (χ0) is 19.9. The van der Waals surface area contributed by atoms with Gasteiger partial charge < -0.3 is 15.0 Å². The molecule has 0 unspecified atom stereocenters. The molecule has 1 aromatic heterocycles. The molecular formula is C23H28N4O. The Labute approximate surface area is 167 Å². The first-order valence-electron chi connectivity index (χ1n) is 9.68. The van der Waals surface area contributed by atoms with E-state index in [1.54, 1.807) is 6.20 Å². The second-order valence-electron chi connectivity index (χ2n) is 7.27. The second kappa shape index (κ2) is 9.22. The van der Waals surface area contributed by atoms with Crippen LogP contribution in [0.15, 0.2) is 66.9 Å². The molecule has 0 amide bonds. The monoisotopic (exact) mass is 376 g/mol. The third-order valence-electron chi connectivity index (χ3n) is 4.22. The van der Waals surface area contributed by atoms with Crippen LogP contribution in [-0.2, 0) is 6.54 Å². The number of hydrogen-bond donors (Lipinski definition) is 1. The Bertz CT molecular complexity index is 863. The number of ether oxygens (including phenoxy) is 1. The van der Waals surface area contributed by atoms with E-state index in [0.29, 0.717) is 5.95 Å². The van der Waals surface area contributed by atoms with E-state index in [0.717, 1.165) is 23.8 Å². The van der Waals surface area contributed by atoms with Gasteiger partial charge in [0.05, 0.1) is 6.10 Å². The molecule has 1 N–H and O–H groups in total. The molecule has 0 fully saturated rings. The average Bonchev–Trinajstić information content (AvgIpc) is 2.68. The van der Waals surface area contributed by atoms with Crippen molar-refractivity contribution < 1.29 is 4.74 Å². The van der Waals surface area contributed by atoms with Gasteiger partial charge in [0.2, 0.25) is 5.95 Å². The molecule has 0 aliphatic heterocycles. The summed E-state index contributed by atoms with van der Waals surface area (Å²) in [6, 6.07) is 20.4. The average molecular weight is 377 g/mol. The molecular weight excluding hydrogens is 348 g/mol. The molecule has 146 valence electrons. The zero-order valence-electron chi connectivity index (χ0n) is 17.0. The highest BCUT2D eigenvalue weighted by Crippen LogP contribution is 2.22. The van der Waals surface area contributed by atoms with E-state index >= 15 is 0 Å². The van der Waals surface area contributed by atoms with Gasteiger partial charge in [0, 0.05) is 24.5 Å². The predicted molar refractivity (Wildman–Crippen MR) is 115 cm³/mol. The van der Waals surface area contributed by atoms with Crippen LogP contribution in [0.5, 0.6) is 5.75 Å². The number of aromatic nitrogens is 2. The molecule has 0 aliphatic rings. The summed E-state index contributed by atoms with van der Waals surface area (Å²) < 4.78 is 5.69. The quantitative estimate of drug-likeness (QED) is 0.569. The highest BCUT2D eigenvalue weighted by molar-refractivity contribution is 5.58. The Kier molecular flexibility index (Phi) is 6.48. The van der Waals surface area contributed by atoms with Gasteiger partial charge in [-0.3, -0.25) is 0 Å². The Morgan fingerprint density at radius 1 is 0.929 bits per heavy atom. The molecule has 3 rings (SSSR count). The highest BCUT2D eigenvalue weighted by atomic mass is 16.5. The lowest BCUT2D eigenvalue weighted by molar-refractivity contribution is 0.242. The Morgan fingerprint density at radius 2 is 1.64 bits per heavy atom. The molecule has 0 saturated carbocycles. The third kappa shape index (κ3) is 5.46. The zero-order valence-corrected chi connectivity index (χ0v) is 17.0. The van der Waals surface area contributed by atoms with Gasteiger partial charge in [0.25, 0.3) is 0 Å². The van der Waals surface area contributed by atoms with Crippen molar-refractivity contribution in [2.24, 2.45) is 0 Å². The van der Waals surface area contributed by atoms with Crippen molar-refractivity contribution in [2.75, 3.05) is 10.2 Å². The summed E-state index contributed by atoms with van der Waals surface area (Å²) in [6.07, 6.45) is 1.95. The SMILES string of the molecule is CC(C)Oc1ccc(Nc2ccnc(N(Cc3ccccc3)C(C)C)n2)cc1. The molecule has 5 nitrogen and oxygen atoms in total. The third-order valence-corrected chi connectivity index (χ3v) is 4.22. The van der Waals surface area contributed by atoms with Crippen molar-refractivity contribution in [2.45, 2.75) is 46.4 Å². The number of benzene rings is 2. The molecule has 3 aromatic rings. The van der Waals surface area contributed by atoms with E-state index in [1.807, 2.05) is 50.2 Å². The Hall–Kier alpha value is -3.08. The molecule has 0 spiro atoms. The molecule has 0 atom stereocenters. The molecule has 0 bridgehead atoms. The fourth-order valence-electron chi connectivity index (χ4n) is 2.86. The van der Waals surface area contributed by atoms with Crippen LogP contribution in [0.1, 0.15) is 33.3 Å². The Morgan fingerprint density at radius 3 is 2.29 bits per heavy atom. The van der Waals surface area contributed by atoms with Gasteiger partial charge in [-0.1, -0.05) is 30.3 Å². The predicted octanol–water partition coefficient (Wildman–Crippen LogP) is 5.42. The standard InChI is InChI=1S/C23H28N4O/c1-17(2)27(16-19-8-6-5-7-9-19)23-24-15-14-22(26-23)25-20-10-12-21(13-11-20)28-18(3)4/h5-15,17-18H,16H2,1-4H3,(H,24,25,26). The number of nitrogens with zero attached hydrogens (tertiary/aromatic N) is 3. The minimum absolute atomic E-state index is 0.162. The summed E-state index contributed by atoms with van der Waals surface area (Å²) >= 11 is 0. The van der Waals surface area contributed by atoms with E-state index in [4.69, 9.17) is 9.72 Å². The second-order valence-corrected chi connectivity index (χ2v) is 7.27. The van der Waals surface area contributed by atoms with Crippen molar-refractivity contribution in [3.05, 3.63) is 72.4 Å². The van der Waals surface area contributed by atoms with E-state index in [-0.39, 0.29) is 12.1 Å². The lowest BCUT2D eigenvalue weighted by atomic mass is 10.2. The highest BCUT2D eigenvalue weighted by Gasteiger charge is 2.14. The summed E-state index contributed by atoms with van der Waals surface area (Å²) in [7, 11) is 0. The number of rotatable bonds is 8. The van der Waals surface area contributed by atoms with Gasteiger partial charge in [-0.25, -0.2) is 4.98 Å². The largest absolute Gasteiger partial charge is 0.491 e. The smallest absolute Gasteiger partial charge is 0.227 e. The molecule has 2 aromatic carbocycles.